The standard InChI is InChI=1S/C15H19N3O/c1-11(2)17-8-9-18(14(17)19)13-5-3-4-12(10-13)15(16)6-7-15/h3-5,8-11H,6-7,16H2,1-2H3. The Hall–Kier alpha value is -1.81. The minimum absolute atomic E-state index is 0.00554. The topological polar surface area (TPSA) is 52.9 Å². The summed E-state index contributed by atoms with van der Waals surface area (Å²) in [5.41, 5.74) is 8.05. The van der Waals surface area contributed by atoms with Gasteiger partial charge in [-0.25, -0.2) is 4.79 Å². The second-order valence-corrected chi connectivity index (χ2v) is 5.66. The second-order valence-electron chi connectivity index (χ2n) is 5.66. The quantitative estimate of drug-likeness (QED) is 0.916. The van der Waals surface area contributed by atoms with Crippen LogP contribution in [0.15, 0.2) is 41.5 Å². The number of hydrogen-bond donors (Lipinski definition) is 1. The van der Waals surface area contributed by atoms with Gasteiger partial charge < -0.3 is 5.73 Å². The molecule has 19 heavy (non-hydrogen) atoms. The minimum atomic E-state index is -0.166. The van der Waals surface area contributed by atoms with Crippen LogP contribution in [0, 0.1) is 0 Å². The van der Waals surface area contributed by atoms with Gasteiger partial charge >= 0.3 is 5.69 Å². The van der Waals surface area contributed by atoms with E-state index in [2.05, 4.69) is 0 Å². The number of rotatable bonds is 3. The van der Waals surface area contributed by atoms with Crippen LogP contribution in [-0.4, -0.2) is 9.13 Å². The van der Waals surface area contributed by atoms with E-state index >= 15 is 0 Å². The Morgan fingerprint density at radius 1 is 1.26 bits per heavy atom. The van der Waals surface area contributed by atoms with Crippen molar-refractivity contribution in [2.45, 2.75) is 38.3 Å². The van der Waals surface area contributed by atoms with Crippen molar-refractivity contribution in [1.82, 2.24) is 9.13 Å². The summed E-state index contributed by atoms with van der Waals surface area (Å²) in [6.45, 7) is 4.00. The number of aromatic nitrogens is 2. The normalized spacial score (nSPS) is 16.8. The van der Waals surface area contributed by atoms with Gasteiger partial charge in [0.2, 0.25) is 0 Å². The number of hydrogen-bond acceptors (Lipinski definition) is 2. The molecule has 0 radical (unpaired) electrons. The van der Waals surface area contributed by atoms with Crippen LogP contribution >= 0.6 is 0 Å². The predicted octanol–water partition coefficient (Wildman–Crippen LogP) is 2.17. The molecule has 1 aromatic carbocycles. The van der Waals surface area contributed by atoms with Gasteiger partial charge in [-0.15, -0.1) is 0 Å². The van der Waals surface area contributed by atoms with Gasteiger partial charge in [0.25, 0.3) is 0 Å². The molecular weight excluding hydrogens is 238 g/mol. The van der Waals surface area contributed by atoms with E-state index in [9.17, 15) is 4.79 Å². The van der Waals surface area contributed by atoms with E-state index in [1.165, 1.54) is 0 Å². The third kappa shape index (κ3) is 2.02. The van der Waals surface area contributed by atoms with Gasteiger partial charge in [-0.3, -0.25) is 9.13 Å². The fourth-order valence-corrected chi connectivity index (χ4v) is 2.37. The molecule has 1 aromatic heterocycles. The molecule has 0 aliphatic heterocycles. The van der Waals surface area contributed by atoms with Gasteiger partial charge in [0.05, 0.1) is 5.69 Å². The Kier molecular flexibility index (Phi) is 2.64. The molecule has 0 unspecified atom stereocenters. The van der Waals surface area contributed by atoms with Crippen molar-refractivity contribution in [2.24, 2.45) is 5.73 Å². The molecule has 1 saturated carbocycles. The first-order valence-electron chi connectivity index (χ1n) is 6.70. The van der Waals surface area contributed by atoms with Crippen molar-refractivity contribution >= 4 is 0 Å². The fourth-order valence-electron chi connectivity index (χ4n) is 2.37. The SMILES string of the molecule is CC(C)n1ccn(-c2cccc(C3(N)CC3)c2)c1=O. The van der Waals surface area contributed by atoms with Crippen LogP contribution in [0.5, 0.6) is 0 Å². The van der Waals surface area contributed by atoms with Gasteiger partial charge in [0, 0.05) is 24.0 Å². The van der Waals surface area contributed by atoms with E-state index in [0.717, 1.165) is 24.1 Å². The maximum atomic E-state index is 12.3. The summed E-state index contributed by atoms with van der Waals surface area (Å²) in [5.74, 6) is 0. The lowest BCUT2D eigenvalue weighted by atomic mass is 10.1. The van der Waals surface area contributed by atoms with E-state index in [4.69, 9.17) is 5.73 Å². The molecule has 1 aliphatic carbocycles. The number of imidazole rings is 1. The summed E-state index contributed by atoms with van der Waals surface area (Å²) in [7, 11) is 0. The molecule has 2 aromatic rings. The lowest BCUT2D eigenvalue weighted by molar-refractivity contribution is 0.574. The Morgan fingerprint density at radius 2 is 2.00 bits per heavy atom. The Labute approximate surface area is 112 Å². The summed E-state index contributed by atoms with van der Waals surface area (Å²) < 4.78 is 3.40. The van der Waals surface area contributed by atoms with E-state index < -0.39 is 0 Å². The van der Waals surface area contributed by atoms with E-state index in [1.54, 1.807) is 9.13 Å². The molecule has 0 spiro atoms. The van der Waals surface area contributed by atoms with Gasteiger partial charge in [-0.2, -0.15) is 0 Å². The van der Waals surface area contributed by atoms with Crippen molar-refractivity contribution in [3.63, 3.8) is 0 Å². The Balaban J connectivity index is 2.05. The minimum Gasteiger partial charge on any atom is -0.321 e. The van der Waals surface area contributed by atoms with E-state index in [1.807, 2.05) is 50.5 Å². The van der Waals surface area contributed by atoms with Crippen LogP contribution in [0.1, 0.15) is 38.3 Å². The van der Waals surface area contributed by atoms with Crippen molar-refractivity contribution in [2.75, 3.05) is 0 Å². The van der Waals surface area contributed by atoms with E-state index in [0.29, 0.717) is 0 Å². The molecule has 1 aliphatic rings. The highest BCUT2D eigenvalue weighted by Gasteiger charge is 2.39. The number of nitrogens with zero attached hydrogens (tertiary/aromatic N) is 2. The van der Waals surface area contributed by atoms with Crippen molar-refractivity contribution in [1.29, 1.82) is 0 Å². The Bertz CT molecular complexity index is 662. The van der Waals surface area contributed by atoms with Crippen LogP contribution in [0.4, 0.5) is 0 Å². The highest BCUT2D eigenvalue weighted by atomic mass is 16.1. The number of benzene rings is 1. The third-order valence-electron chi connectivity index (χ3n) is 3.85. The predicted molar refractivity (Wildman–Crippen MR) is 75.5 cm³/mol. The smallest absolute Gasteiger partial charge is 0.321 e. The van der Waals surface area contributed by atoms with Crippen LogP contribution in [0.2, 0.25) is 0 Å². The molecule has 4 nitrogen and oxygen atoms in total. The van der Waals surface area contributed by atoms with E-state index in [-0.39, 0.29) is 17.3 Å². The molecule has 4 heteroatoms. The zero-order chi connectivity index (χ0) is 13.6. The molecule has 3 rings (SSSR count). The summed E-state index contributed by atoms with van der Waals surface area (Å²) in [6, 6.07) is 8.15. The molecular formula is C15H19N3O. The zero-order valence-electron chi connectivity index (χ0n) is 11.3. The highest BCUT2D eigenvalue weighted by molar-refractivity contribution is 5.41. The van der Waals surface area contributed by atoms with Gasteiger partial charge in [0.15, 0.2) is 0 Å². The Morgan fingerprint density at radius 3 is 2.58 bits per heavy atom. The average molecular weight is 257 g/mol. The van der Waals surface area contributed by atoms with Crippen LogP contribution < -0.4 is 11.4 Å². The van der Waals surface area contributed by atoms with Gasteiger partial charge in [-0.05, 0) is 44.4 Å². The fraction of sp³-hybridized carbons (Fsp3) is 0.400. The van der Waals surface area contributed by atoms with Gasteiger partial charge in [-0.1, -0.05) is 12.1 Å². The summed E-state index contributed by atoms with van der Waals surface area (Å²) in [4.78, 5) is 12.3. The highest BCUT2D eigenvalue weighted by Crippen LogP contribution is 2.42. The second kappa shape index (κ2) is 4.10. The van der Waals surface area contributed by atoms with Crippen LogP contribution in [-0.2, 0) is 5.54 Å². The summed E-state index contributed by atoms with van der Waals surface area (Å²) in [6.07, 6.45) is 5.70. The maximum absolute atomic E-state index is 12.3. The largest absolute Gasteiger partial charge is 0.332 e. The molecule has 0 atom stereocenters. The zero-order valence-corrected chi connectivity index (χ0v) is 11.3. The van der Waals surface area contributed by atoms with Crippen LogP contribution in [0.25, 0.3) is 5.69 Å². The molecule has 1 fully saturated rings. The molecule has 2 N–H and O–H groups in total. The third-order valence-corrected chi connectivity index (χ3v) is 3.85. The summed E-state index contributed by atoms with van der Waals surface area (Å²) >= 11 is 0. The molecule has 0 saturated heterocycles. The van der Waals surface area contributed by atoms with Crippen LogP contribution in [0.3, 0.4) is 0 Å². The maximum Gasteiger partial charge on any atom is 0.332 e. The van der Waals surface area contributed by atoms with Crippen molar-refractivity contribution in [3.05, 3.63) is 52.7 Å². The average Bonchev–Trinajstić information content (AvgIpc) is 3.01. The molecule has 0 amide bonds. The van der Waals surface area contributed by atoms with Gasteiger partial charge in [0.1, 0.15) is 0 Å². The first-order chi connectivity index (χ1) is 9.01. The van der Waals surface area contributed by atoms with Crippen molar-refractivity contribution in [3.8, 4) is 5.69 Å². The van der Waals surface area contributed by atoms with Crippen molar-refractivity contribution < 1.29 is 0 Å². The lowest BCUT2D eigenvalue weighted by Gasteiger charge is -2.11. The lowest BCUT2D eigenvalue weighted by Crippen LogP contribution is -2.25. The summed E-state index contributed by atoms with van der Waals surface area (Å²) in [5, 5.41) is 0. The molecule has 100 valence electrons. The first kappa shape index (κ1) is 12.2. The molecule has 0 bridgehead atoms. The molecule has 1 heterocycles. The first-order valence-corrected chi connectivity index (χ1v) is 6.70. The monoisotopic (exact) mass is 257 g/mol. The number of nitrogens with two attached hydrogens (primary N) is 1.